The van der Waals surface area contributed by atoms with Crippen LogP contribution in [0.1, 0.15) is 40.3 Å². The smallest absolute Gasteiger partial charge is 0.336 e. The first-order valence-corrected chi connectivity index (χ1v) is 12.4. The van der Waals surface area contributed by atoms with Crippen LogP contribution in [-0.4, -0.2) is 36.6 Å². The van der Waals surface area contributed by atoms with E-state index in [4.69, 9.17) is 0 Å². The Labute approximate surface area is 217 Å². The lowest BCUT2D eigenvalue weighted by atomic mass is 10.0. The number of imidazole rings is 1. The van der Waals surface area contributed by atoms with E-state index in [1.807, 2.05) is 60.7 Å². The first kappa shape index (κ1) is 22.1. The van der Waals surface area contributed by atoms with E-state index in [1.165, 1.54) is 10.8 Å². The van der Waals surface area contributed by atoms with E-state index in [9.17, 15) is 20.0 Å². The second kappa shape index (κ2) is 8.18. The normalized spacial score (nSPS) is 17.5. The molecular formula is C30H21N5O3. The summed E-state index contributed by atoms with van der Waals surface area (Å²) in [5, 5.41) is 22.0. The summed E-state index contributed by atoms with van der Waals surface area (Å²) in [6, 6.07) is 26.1. The maximum Gasteiger partial charge on any atom is 0.336 e. The number of hydrogen-bond acceptors (Lipinski definition) is 5. The number of aromatic hydroxyl groups is 1. The molecule has 8 nitrogen and oxygen atoms in total. The number of likely N-dealkylation sites (tertiary alicyclic amines) is 1. The van der Waals surface area contributed by atoms with Crippen LogP contribution in [0.5, 0.6) is 5.88 Å². The Kier molecular flexibility index (Phi) is 4.75. The minimum absolute atomic E-state index is 0.131. The van der Waals surface area contributed by atoms with Crippen LogP contribution in [0.25, 0.3) is 27.6 Å². The number of fused-ring (bicyclic) bond motifs is 6. The van der Waals surface area contributed by atoms with E-state index >= 15 is 0 Å². The molecule has 1 N–H and O–H groups in total. The summed E-state index contributed by atoms with van der Waals surface area (Å²) < 4.78 is 2.85. The predicted octanol–water partition coefficient (Wildman–Crippen LogP) is 4.57. The molecule has 1 saturated heterocycles. The first-order valence-electron chi connectivity index (χ1n) is 12.4. The summed E-state index contributed by atoms with van der Waals surface area (Å²) in [6.45, 7) is 0.396. The molecule has 2 aromatic heterocycles. The number of hydrogen-bond donors (Lipinski definition) is 1. The Balaban J connectivity index is 1.26. The zero-order valence-electron chi connectivity index (χ0n) is 20.2. The summed E-state index contributed by atoms with van der Waals surface area (Å²) in [5.41, 5.74) is 3.38. The molecule has 184 valence electrons. The molecule has 7 rings (SSSR count). The van der Waals surface area contributed by atoms with Gasteiger partial charge in [0.05, 0.1) is 24.0 Å². The van der Waals surface area contributed by atoms with E-state index in [0.29, 0.717) is 40.7 Å². The molecule has 0 saturated carbocycles. The lowest BCUT2D eigenvalue weighted by Crippen LogP contribution is -2.37. The number of benzene rings is 3. The fourth-order valence-corrected chi connectivity index (χ4v) is 5.93. The lowest BCUT2D eigenvalue weighted by molar-refractivity contribution is 0.0711. The van der Waals surface area contributed by atoms with Crippen molar-refractivity contribution in [1.82, 2.24) is 19.0 Å². The highest BCUT2D eigenvalue weighted by atomic mass is 16.3. The van der Waals surface area contributed by atoms with Gasteiger partial charge in [0.1, 0.15) is 17.5 Å². The molecule has 0 aliphatic carbocycles. The SMILES string of the molecule is N#Cc1ncc(-n2c(O)c3n(c2=O)C2CC3N(C(=O)c3ccc(-c4ccccc4)cc3)C2)c2ccccc12. The molecule has 2 bridgehead atoms. The van der Waals surface area contributed by atoms with Gasteiger partial charge in [-0.1, -0.05) is 66.7 Å². The highest BCUT2D eigenvalue weighted by Crippen LogP contribution is 2.49. The number of rotatable bonds is 3. The summed E-state index contributed by atoms with van der Waals surface area (Å²) in [6.07, 6.45) is 2.02. The van der Waals surface area contributed by atoms with Crippen LogP contribution < -0.4 is 5.69 Å². The standard InChI is InChI=1S/C30H21N5O3/c31-15-24-22-8-4-5-9-23(22)26(16-32-24)35-29(37)27-25-14-21(34(27)30(35)38)17-33(25)28(36)20-12-10-19(11-13-20)18-6-2-1-3-7-18/h1-13,16,21,25,37H,14,17H2. The van der Waals surface area contributed by atoms with Gasteiger partial charge in [0, 0.05) is 22.9 Å². The molecule has 0 radical (unpaired) electrons. The number of amides is 1. The summed E-state index contributed by atoms with van der Waals surface area (Å²) >= 11 is 0. The number of pyridine rings is 1. The Hall–Kier alpha value is -5.16. The Morgan fingerprint density at radius 2 is 1.63 bits per heavy atom. The largest absolute Gasteiger partial charge is 0.493 e. The van der Waals surface area contributed by atoms with Crippen molar-refractivity contribution in [3.05, 3.63) is 112 Å². The Bertz CT molecular complexity index is 1850. The second-order valence-electron chi connectivity index (χ2n) is 9.65. The third kappa shape index (κ3) is 3.05. The van der Waals surface area contributed by atoms with Gasteiger partial charge in [-0.2, -0.15) is 5.26 Å². The van der Waals surface area contributed by atoms with Crippen LogP contribution in [0.2, 0.25) is 0 Å². The van der Waals surface area contributed by atoms with Gasteiger partial charge in [-0.3, -0.25) is 9.36 Å². The summed E-state index contributed by atoms with van der Waals surface area (Å²) in [5.74, 6) is -0.329. The van der Waals surface area contributed by atoms with Crippen LogP contribution in [0.15, 0.2) is 89.9 Å². The van der Waals surface area contributed by atoms with Gasteiger partial charge in [0.2, 0.25) is 5.88 Å². The van der Waals surface area contributed by atoms with E-state index < -0.39 is 6.04 Å². The van der Waals surface area contributed by atoms with E-state index in [-0.39, 0.29) is 29.2 Å². The molecular weight excluding hydrogens is 478 g/mol. The molecule has 1 amide bonds. The molecule has 1 fully saturated rings. The number of carbonyl (C=O) groups is 1. The van der Waals surface area contributed by atoms with Crippen molar-refractivity contribution < 1.29 is 9.90 Å². The molecule has 4 heterocycles. The summed E-state index contributed by atoms with van der Waals surface area (Å²) in [4.78, 5) is 33.1. The average Bonchev–Trinajstić information content (AvgIpc) is 3.64. The maximum atomic E-state index is 13.6. The van der Waals surface area contributed by atoms with E-state index in [0.717, 1.165) is 11.1 Å². The maximum absolute atomic E-state index is 13.6. The third-order valence-electron chi connectivity index (χ3n) is 7.68. The van der Waals surface area contributed by atoms with Crippen molar-refractivity contribution in [1.29, 1.82) is 5.26 Å². The molecule has 3 aromatic carbocycles. The second-order valence-corrected chi connectivity index (χ2v) is 9.65. The van der Waals surface area contributed by atoms with Gasteiger partial charge in [0.25, 0.3) is 5.91 Å². The van der Waals surface area contributed by atoms with Crippen molar-refractivity contribution in [3.63, 3.8) is 0 Å². The molecule has 0 spiro atoms. The van der Waals surface area contributed by atoms with E-state index in [1.54, 1.807) is 27.7 Å². The topological polar surface area (TPSA) is 104 Å². The molecule has 2 unspecified atom stereocenters. The zero-order valence-corrected chi connectivity index (χ0v) is 20.2. The van der Waals surface area contributed by atoms with Gasteiger partial charge in [-0.15, -0.1) is 0 Å². The quantitative estimate of drug-likeness (QED) is 0.392. The van der Waals surface area contributed by atoms with Crippen LogP contribution in [0.4, 0.5) is 0 Å². The summed E-state index contributed by atoms with van der Waals surface area (Å²) in [7, 11) is 0. The minimum atomic E-state index is -0.409. The van der Waals surface area contributed by atoms with E-state index in [2.05, 4.69) is 11.1 Å². The molecule has 2 aliphatic rings. The number of nitriles is 1. The fourth-order valence-electron chi connectivity index (χ4n) is 5.93. The van der Waals surface area contributed by atoms with Crippen molar-refractivity contribution in [3.8, 4) is 28.8 Å². The van der Waals surface area contributed by atoms with Gasteiger partial charge in [-0.05, 0) is 29.7 Å². The fraction of sp³-hybridized carbons (Fsp3) is 0.133. The monoisotopic (exact) mass is 499 g/mol. The minimum Gasteiger partial charge on any atom is -0.493 e. The lowest BCUT2D eigenvalue weighted by Gasteiger charge is -2.27. The molecule has 2 atom stereocenters. The predicted molar refractivity (Wildman–Crippen MR) is 141 cm³/mol. The average molecular weight is 500 g/mol. The Morgan fingerprint density at radius 1 is 0.947 bits per heavy atom. The number of nitrogens with zero attached hydrogens (tertiary/aromatic N) is 5. The van der Waals surface area contributed by atoms with Gasteiger partial charge < -0.3 is 10.0 Å². The van der Waals surface area contributed by atoms with Crippen LogP contribution in [0, 0.1) is 11.3 Å². The number of carbonyl (C=O) groups excluding carboxylic acids is 1. The first-order chi connectivity index (χ1) is 18.6. The van der Waals surface area contributed by atoms with Crippen molar-refractivity contribution >= 4 is 16.7 Å². The van der Waals surface area contributed by atoms with Gasteiger partial charge in [0.15, 0.2) is 0 Å². The van der Waals surface area contributed by atoms with Crippen LogP contribution in [-0.2, 0) is 0 Å². The highest BCUT2D eigenvalue weighted by Gasteiger charge is 2.49. The number of aromatic nitrogens is 3. The Morgan fingerprint density at radius 3 is 2.37 bits per heavy atom. The van der Waals surface area contributed by atoms with Crippen molar-refractivity contribution in [2.45, 2.75) is 18.5 Å². The van der Waals surface area contributed by atoms with Gasteiger partial charge in [-0.25, -0.2) is 14.3 Å². The van der Waals surface area contributed by atoms with Crippen molar-refractivity contribution in [2.24, 2.45) is 0 Å². The molecule has 2 aliphatic heterocycles. The molecule has 5 aromatic rings. The molecule has 38 heavy (non-hydrogen) atoms. The third-order valence-corrected chi connectivity index (χ3v) is 7.68. The van der Waals surface area contributed by atoms with Crippen molar-refractivity contribution in [2.75, 3.05) is 6.54 Å². The van der Waals surface area contributed by atoms with Gasteiger partial charge >= 0.3 is 5.69 Å². The highest BCUT2D eigenvalue weighted by molar-refractivity contribution is 5.96. The molecule has 8 heteroatoms. The van der Waals surface area contributed by atoms with Crippen LogP contribution >= 0.6 is 0 Å². The zero-order chi connectivity index (χ0) is 26.0. The van der Waals surface area contributed by atoms with Crippen LogP contribution in [0.3, 0.4) is 0 Å².